The third-order valence-corrected chi connectivity index (χ3v) is 7.64. The second kappa shape index (κ2) is 9.39. The van der Waals surface area contributed by atoms with Crippen molar-refractivity contribution in [1.82, 2.24) is 13.1 Å². The van der Waals surface area contributed by atoms with Crippen LogP contribution in [0.5, 0.6) is 11.5 Å². The van der Waals surface area contributed by atoms with E-state index in [2.05, 4.69) is 14.1 Å². The number of hydrogen-bond donors (Lipinski definition) is 1. The molecule has 2 aromatic carbocycles. The summed E-state index contributed by atoms with van der Waals surface area (Å²) in [6, 6.07) is 9.18. The topological polar surface area (TPSA) is 111 Å². The van der Waals surface area contributed by atoms with Crippen LogP contribution in [0, 0.1) is 0 Å². The summed E-state index contributed by atoms with van der Waals surface area (Å²) in [6.07, 6.45) is 1.01. The van der Waals surface area contributed by atoms with Gasteiger partial charge in [-0.25, -0.2) is 8.42 Å². The first kappa shape index (κ1) is 22.4. The SMILES string of the molecule is CCOc1ccc(OCC)c(NC(=O)[C@H]2CCCN2S(=O)(=O)c2cccc3nsnc23)c1. The predicted molar refractivity (Wildman–Crippen MR) is 122 cm³/mol. The average molecular weight is 477 g/mol. The maximum Gasteiger partial charge on any atom is 0.246 e. The minimum absolute atomic E-state index is 0.0665. The molecular weight excluding hydrogens is 452 g/mol. The Bertz CT molecular complexity index is 1230. The number of rotatable bonds is 8. The maximum atomic E-state index is 13.5. The van der Waals surface area contributed by atoms with E-state index in [-0.39, 0.29) is 11.4 Å². The zero-order valence-electron chi connectivity index (χ0n) is 17.8. The molecule has 0 unspecified atom stereocenters. The largest absolute Gasteiger partial charge is 0.494 e. The number of nitrogens with zero attached hydrogens (tertiary/aromatic N) is 3. The molecule has 0 aliphatic carbocycles. The van der Waals surface area contributed by atoms with Gasteiger partial charge in [-0.05, 0) is 51.0 Å². The highest BCUT2D eigenvalue weighted by Crippen LogP contribution is 2.33. The minimum Gasteiger partial charge on any atom is -0.494 e. The molecule has 170 valence electrons. The molecule has 1 atom stereocenters. The van der Waals surface area contributed by atoms with Gasteiger partial charge in [-0.3, -0.25) is 4.79 Å². The van der Waals surface area contributed by atoms with Gasteiger partial charge in [-0.15, -0.1) is 0 Å². The second-order valence-electron chi connectivity index (χ2n) is 7.18. The molecular formula is C21H24N4O5S2. The van der Waals surface area contributed by atoms with Crippen LogP contribution in [0.3, 0.4) is 0 Å². The van der Waals surface area contributed by atoms with Crippen molar-refractivity contribution in [3.8, 4) is 11.5 Å². The first-order valence-electron chi connectivity index (χ1n) is 10.4. The zero-order valence-corrected chi connectivity index (χ0v) is 19.4. The molecule has 0 saturated carbocycles. The molecule has 32 heavy (non-hydrogen) atoms. The molecule has 4 rings (SSSR count). The molecule has 3 aromatic rings. The van der Waals surface area contributed by atoms with Crippen LogP contribution in [0.2, 0.25) is 0 Å². The lowest BCUT2D eigenvalue weighted by molar-refractivity contribution is -0.119. The van der Waals surface area contributed by atoms with E-state index in [1.165, 1.54) is 10.4 Å². The van der Waals surface area contributed by atoms with Gasteiger partial charge in [0.05, 0.1) is 30.6 Å². The Hall–Kier alpha value is -2.76. The average Bonchev–Trinajstić information content (AvgIpc) is 3.45. The van der Waals surface area contributed by atoms with Gasteiger partial charge in [-0.1, -0.05) is 6.07 Å². The molecule has 0 spiro atoms. The van der Waals surface area contributed by atoms with Crippen LogP contribution in [0.25, 0.3) is 11.0 Å². The van der Waals surface area contributed by atoms with Gasteiger partial charge in [0.25, 0.3) is 0 Å². The minimum atomic E-state index is -3.94. The van der Waals surface area contributed by atoms with Crippen LogP contribution < -0.4 is 14.8 Å². The van der Waals surface area contributed by atoms with E-state index in [4.69, 9.17) is 9.47 Å². The van der Waals surface area contributed by atoms with Gasteiger partial charge in [0.1, 0.15) is 33.5 Å². The van der Waals surface area contributed by atoms with Crippen molar-refractivity contribution in [2.75, 3.05) is 25.1 Å². The second-order valence-corrected chi connectivity index (χ2v) is 9.56. The first-order chi connectivity index (χ1) is 15.5. The predicted octanol–water partition coefficient (Wildman–Crippen LogP) is 3.28. The summed E-state index contributed by atoms with van der Waals surface area (Å²) in [4.78, 5) is 13.3. The molecule has 11 heteroatoms. The third-order valence-electron chi connectivity index (χ3n) is 5.16. The Balaban J connectivity index is 1.62. The summed E-state index contributed by atoms with van der Waals surface area (Å²) in [6.45, 7) is 4.88. The smallest absolute Gasteiger partial charge is 0.246 e. The van der Waals surface area contributed by atoms with E-state index in [9.17, 15) is 13.2 Å². The van der Waals surface area contributed by atoms with Gasteiger partial charge in [-0.2, -0.15) is 13.1 Å². The molecule has 0 radical (unpaired) electrons. The number of benzene rings is 2. The van der Waals surface area contributed by atoms with Gasteiger partial charge < -0.3 is 14.8 Å². The Labute approximate surface area is 190 Å². The van der Waals surface area contributed by atoms with E-state index in [1.807, 2.05) is 13.8 Å². The molecule has 1 amide bonds. The van der Waals surface area contributed by atoms with E-state index in [0.717, 1.165) is 11.7 Å². The van der Waals surface area contributed by atoms with Crippen molar-refractivity contribution in [2.24, 2.45) is 0 Å². The maximum absolute atomic E-state index is 13.5. The fourth-order valence-corrected chi connectivity index (χ4v) is 6.18. The molecule has 0 bridgehead atoms. The number of carbonyl (C=O) groups is 1. The highest BCUT2D eigenvalue weighted by atomic mass is 32.2. The van der Waals surface area contributed by atoms with Crippen LogP contribution >= 0.6 is 11.7 Å². The zero-order chi connectivity index (χ0) is 22.7. The van der Waals surface area contributed by atoms with Gasteiger partial charge >= 0.3 is 0 Å². The summed E-state index contributed by atoms with van der Waals surface area (Å²) in [5.41, 5.74) is 1.29. The summed E-state index contributed by atoms with van der Waals surface area (Å²) in [7, 11) is -3.94. The van der Waals surface area contributed by atoms with E-state index in [0.29, 0.717) is 54.3 Å². The quantitative estimate of drug-likeness (QED) is 0.531. The Morgan fingerprint density at radius 3 is 2.78 bits per heavy atom. The number of fused-ring (bicyclic) bond motifs is 1. The number of hydrogen-bond acceptors (Lipinski definition) is 8. The van der Waals surface area contributed by atoms with Gasteiger partial charge in [0.15, 0.2) is 0 Å². The molecule has 9 nitrogen and oxygen atoms in total. The van der Waals surface area contributed by atoms with Crippen molar-refractivity contribution in [3.05, 3.63) is 36.4 Å². The van der Waals surface area contributed by atoms with E-state index < -0.39 is 22.0 Å². The molecule has 2 heterocycles. The number of amides is 1. The lowest BCUT2D eigenvalue weighted by Crippen LogP contribution is -2.43. The summed E-state index contributed by atoms with van der Waals surface area (Å²) in [5.74, 6) is 0.670. The Morgan fingerprint density at radius 1 is 1.19 bits per heavy atom. The fourth-order valence-electron chi connectivity index (χ4n) is 3.77. The number of carbonyl (C=O) groups excluding carboxylic acids is 1. The molecule has 1 aliphatic rings. The van der Waals surface area contributed by atoms with Crippen LogP contribution in [0.15, 0.2) is 41.3 Å². The van der Waals surface area contributed by atoms with Crippen molar-refractivity contribution >= 4 is 44.4 Å². The van der Waals surface area contributed by atoms with Crippen LogP contribution in [0.1, 0.15) is 26.7 Å². The Kier molecular flexibility index (Phi) is 6.58. The van der Waals surface area contributed by atoms with Gasteiger partial charge in [0.2, 0.25) is 15.9 Å². The highest BCUT2D eigenvalue weighted by molar-refractivity contribution is 7.89. The third kappa shape index (κ3) is 4.27. The van der Waals surface area contributed by atoms with E-state index >= 15 is 0 Å². The van der Waals surface area contributed by atoms with Crippen molar-refractivity contribution in [2.45, 2.75) is 37.6 Å². The highest BCUT2D eigenvalue weighted by Gasteiger charge is 2.40. The lowest BCUT2D eigenvalue weighted by Gasteiger charge is -2.24. The Morgan fingerprint density at radius 2 is 2.00 bits per heavy atom. The molecule has 1 fully saturated rings. The number of anilines is 1. The summed E-state index contributed by atoms with van der Waals surface area (Å²) < 4.78 is 47.6. The van der Waals surface area contributed by atoms with Crippen molar-refractivity contribution in [1.29, 1.82) is 0 Å². The first-order valence-corrected chi connectivity index (χ1v) is 12.6. The van der Waals surface area contributed by atoms with Crippen molar-refractivity contribution in [3.63, 3.8) is 0 Å². The lowest BCUT2D eigenvalue weighted by atomic mass is 10.2. The van der Waals surface area contributed by atoms with Crippen LogP contribution in [-0.2, 0) is 14.8 Å². The monoisotopic (exact) mass is 476 g/mol. The van der Waals surface area contributed by atoms with E-state index in [1.54, 1.807) is 30.3 Å². The molecule has 1 N–H and O–H groups in total. The number of aromatic nitrogens is 2. The van der Waals surface area contributed by atoms with Crippen LogP contribution in [-0.4, -0.2) is 53.2 Å². The molecule has 1 aliphatic heterocycles. The molecule has 1 saturated heterocycles. The molecule has 1 aromatic heterocycles. The number of ether oxygens (including phenoxy) is 2. The summed E-state index contributed by atoms with van der Waals surface area (Å²) in [5, 5.41) is 2.85. The standard InChI is InChI=1S/C21H24N4O5S2/c1-3-29-14-10-11-18(30-4-2)16(13-14)22-21(26)17-8-6-12-25(17)32(27,28)19-9-5-7-15-20(19)24-31-23-15/h5,7,9-11,13,17H,3-4,6,8,12H2,1-2H3,(H,22,26)/t17-/m1/s1. The fraction of sp³-hybridized carbons (Fsp3) is 0.381. The number of nitrogens with one attached hydrogen (secondary N) is 1. The summed E-state index contributed by atoms with van der Waals surface area (Å²) >= 11 is 0.958. The van der Waals surface area contributed by atoms with Crippen molar-refractivity contribution < 1.29 is 22.7 Å². The van der Waals surface area contributed by atoms with Crippen LogP contribution in [0.4, 0.5) is 5.69 Å². The van der Waals surface area contributed by atoms with Gasteiger partial charge in [0, 0.05) is 12.6 Å². The number of sulfonamides is 1. The normalized spacial score (nSPS) is 16.9.